The fourth-order valence-electron chi connectivity index (χ4n) is 3.29. The van der Waals surface area contributed by atoms with E-state index in [1.165, 1.54) is 12.1 Å². The van der Waals surface area contributed by atoms with Crippen LogP contribution < -0.4 is 0 Å². The molecule has 0 aliphatic carbocycles. The highest BCUT2D eigenvalue weighted by molar-refractivity contribution is 9.15. The molecule has 0 spiro atoms. The van der Waals surface area contributed by atoms with E-state index < -0.39 is 5.78 Å². The summed E-state index contributed by atoms with van der Waals surface area (Å²) in [6.07, 6.45) is 0. The number of aromatic amines is 2. The number of carbonyl (C=O) groups excluding carboxylic acids is 1. The van der Waals surface area contributed by atoms with Gasteiger partial charge in [0.15, 0.2) is 0 Å². The molecule has 0 unspecified atom stereocenters. The molecule has 4 N–H and O–H groups in total. The van der Waals surface area contributed by atoms with E-state index >= 15 is 0 Å². The van der Waals surface area contributed by atoms with E-state index in [0.717, 1.165) is 8.95 Å². The van der Waals surface area contributed by atoms with E-state index in [4.69, 9.17) is 0 Å². The van der Waals surface area contributed by atoms with Crippen molar-refractivity contribution in [3.05, 3.63) is 71.4 Å². The second kappa shape index (κ2) is 10.5. The van der Waals surface area contributed by atoms with Crippen molar-refractivity contribution in [2.75, 3.05) is 0 Å². The molecule has 2 aromatic carbocycles. The monoisotopic (exact) mass is 967 g/mol. The van der Waals surface area contributed by atoms with Crippen LogP contribution in [0.3, 0.4) is 0 Å². The molecule has 2 aromatic heterocycles. The summed E-state index contributed by atoms with van der Waals surface area (Å²) in [4.78, 5) is 19.9. The predicted octanol–water partition coefficient (Wildman–Crippen LogP) is 10.4. The average Bonchev–Trinajstić information content (AvgIpc) is 3.20. The van der Waals surface area contributed by atoms with Crippen LogP contribution in [0.15, 0.2) is 60.3 Å². The van der Waals surface area contributed by atoms with Gasteiger partial charge >= 0.3 is 0 Å². The fraction of sp³-hybridized carbons (Fsp3) is 0. The fourth-order valence-corrected chi connectivity index (χ4v) is 7.15. The molecule has 34 heavy (non-hydrogen) atoms. The van der Waals surface area contributed by atoms with Crippen LogP contribution in [-0.4, -0.2) is 26.0 Å². The third kappa shape index (κ3) is 4.84. The van der Waals surface area contributed by atoms with E-state index in [-0.39, 0.29) is 22.6 Å². The van der Waals surface area contributed by atoms with Gasteiger partial charge in [-0.05, 0) is 120 Å². The van der Waals surface area contributed by atoms with Crippen LogP contribution in [0.1, 0.15) is 15.9 Å². The van der Waals surface area contributed by atoms with Gasteiger partial charge in [-0.25, -0.2) is 0 Å². The predicted molar refractivity (Wildman–Crippen MR) is 161 cm³/mol. The minimum atomic E-state index is -0.554. The van der Waals surface area contributed by atoms with E-state index in [2.05, 4.69) is 137 Å². The molecule has 5 nitrogen and oxygen atoms in total. The first-order chi connectivity index (χ1) is 15.9. The Bertz CT molecular complexity index is 1380. The lowest BCUT2D eigenvalue weighted by atomic mass is 9.96. The lowest BCUT2D eigenvalue weighted by Crippen LogP contribution is -2.04. The lowest BCUT2D eigenvalue weighted by molar-refractivity contribution is 0.103. The highest BCUT2D eigenvalue weighted by atomic mass is 79.9. The number of aromatic hydroxyl groups is 2. The molecule has 0 amide bonds. The number of carbonyl (C=O) groups is 1. The Morgan fingerprint density at radius 2 is 0.941 bits per heavy atom. The number of phenolic OH excluding ortho intramolecular Hbond substituents is 2. The largest absolute Gasteiger partial charge is 0.506 e. The lowest BCUT2D eigenvalue weighted by Gasteiger charge is -2.13. The van der Waals surface area contributed by atoms with Gasteiger partial charge in [-0.3, -0.25) is 4.79 Å². The standard InChI is InChI=1S/C21H8Br8N2O3/c22-5-1-7(15-11(24)13(26)20(28)30-15)17(32)9(3-5)19(34)10-4-6(23)2-8(18(10)33)16-12(25)14(27)21(29)31-16/h1-4,30-33H. The van der Waals surface area contributed by atoms with Gasteiger partial charge in [0, 0.05) is 20.1 Å². The molecule has 4 aromatic rings. The number of H-pyrrole nitrogens is 2. The quantitative estimate of drug-likeness (QED) is 0.154. The number of hydrogen-bond donors (Lipinski definition) is 4. The van der Waals surface area contributed by atoms with Crippen LogP contribution in [0, 0.1) is 0 Å². The molecule has 176 valence electrons. The minimum absolute atomic E-state index is 0.0189. The Hall–Kier alpha value is 0.110. The molecule has 0 saturated heterocycles. The third-order valence-corrected chi connectivity index (χ3v) is 12.3. The van der Waals surface area contributed by atoms with Crippen molar-refractivity contribution >= 4 is 133 Å². The normalized spacial score (nSPS) is 11.3. The number of benzene rings is 2. The molecule has 4 rings (SSSR count). The Morgan fingerprint density at radius 3 is 1.24 bits per heavy atom. The summed E-state index contributed by atoms with van der Waals surface area (Å²) >= 11 is 27.6. The average molecular weight is 976 g/mol. The van der Waals surface area contributed by atoms with Gasteiger partial charge in [0.25, 0.3) is 0 Å². The topological polar surface area (TPSA) is 89.1 Å². The highest BCUT2D eigenvalue weighted by Gasteiger charge is 2.26. The zero-order chi connectivity index (χ0) is 25.1. The summed E-state index contributed by atoms with van der Waals surface area (Å²) < 4.78 is 5.31. The number of nitrogens with one attached hydrogen (secondary N) is 2. The Morgan fingerprint density at radius 1 is 0.588 bits per heavy atom. The number of halogens is 8. The first-order valence-corrected chi connectivity index (χ1v) is 15.3. The van der Waals surface area contributed by atoms with Crippen LogP contribution in [0.2, 0.25) is 0 Å². The van der Waals surface area contributed by atoms with Gasteiger partial charge in [-0.1, -0.05) is 31.9 Å². The molecule has 0 atom stereocenters. The van der Waals surface area contributed by atoms with Crippen LogP contribution >= 0.6 is 127 Å². The first-order valence-electron chi connectivity index (χ1n) is 8.97. The molecule has 0 saturated carbocycles. The Kier molecular flexibility index (Phi) is 8.36. The SMILES string of the molecule is O=C(c1cc(Br)cc(-c2[nH]c(Br)c(Br)c2Br)c1O)c1cc(Br)cc(-c2[nH]c(Br)c(Br)c2Br)c1O. The van der Waals surface area contributed by atoms with Gasteiger partial charge in [0.1, 0.15) is 11.5 Å². The van der Waals surface area contributed by atoms with Crippen molar-refractivity contribution in [2.45, 2.75) is 0 Å². The smallest absolute Gasteiger partial charge is 0.200 e. The van der Waals surface area contributed by atoms with Crippen LogP contribution in [0.25, 0.3) is 22.5 Å². The summed E-state index contributed by atoms with van der Waals surface area (Å²) in [6, 6.07) is 6.41. The summed E-state index contributed by atoms with van der Waals surface area (Å²) in [5.74, 6) is -1.02. The summed E-state index contributed by atoms with van der Waals surface area (Å²) in [5.41, 5.74) is 1.96. The van der Waals surface area contributed by atoms with Gasteiger partial charge in [-0.2, -0.15) is 0 Å². The van der Waals surface area contributed by atoms with Gasteiger partial charge in [0.2, 0.25) is 5.78 Å². The molecular weight excluding hydrogens is 967 g/mol. The maximum atomic E-state index is 13.6. The zero-order valence-corrected chi connectivity index (χ0v) is 28.8. The second-order valence-corrected chi connectivity index (χ2v) is 13.5. The second-order valence-electron chi connectivity index (χ2n) is 6.91. The number of phenols is 2. The van der Waals surface area contributed by atoms with E-state index in [1.54, 1.807) is 12.1 Å². The third-order valence-electron chi connectivity index (χ3n) is 4.86. The Balaban J connectivity index is 1.90. The minimum Gasteiger partial charge on any atom is -0.506 e. The van der Waals surface area contributed by atoms with Crippen LogP contribution in [0.4, 0.5) is 0 Å². The van der Waals surface area contributed by atoms with Crippen molar-refractivity contribution in [3.63, 3.8) is 0 Å². The number of hydrogen-bond acceptors (Lipinski definition) is 3. The Labute approximate surface area is 260 Å². The number of aromatic nitrogens is 2. The molecule has 0 radical (unpaired) electrons. The van der Waals surface area contributed by atoms with Crippen molar-refractivity contribution in [2.24, 2.45) is 0 Å². The molecule has 0 bridgehead atoms. The molecule has 0 aliphatic heterocycles. The van der Waals surface area contributed by atoms with Crippen molar-refractivity contribution in [1.29, 1.82) is 0 Å². The molecule has 0 aliphatic rings. The van der Waals surface area contributed by atoms with Crippen LogP contribution in [-0.2, 0) is 0 Å². The maximum absolute atomic E-state index is 13.6. The first kappa shape index (κ1) is 27.2. The maximum Gasteiger partial charge on any atom is 0.200 e. The highest BCUT2D eigenvalue weighted by Crippen LogP contribution is 2.47. The number of rotatable bonds is 4. The number of ketones is 1. The van der Waals surface area contributed by atoms with Crippen molar-refractivity contribution in [1.82, 2.24) is 9.97 Å². The van der Waals surface area contributed by atoms with Gasteiger partial charge in [-0.15, -0.1) is 0 Å². The van der Waals surface area contributed by atoms with Crippen molar-refractivity contribution in [3.8, 4) is 34.0 Å². The van der Waals surface area contributed by atoms with Gasteiger partial charge < -0.3 is 20.2 Å². The summed E-state index contributed by atoms with van der Waals surface area (Å²) in [6.45, 7) is 0. The van der Waals surface area contributed by atoms with Crippen LogP contribution in [0.5, 0.6) is 11.5 Å². The molecule has 0 fully saturated rings. The molecule has 13 heteroatoms. The zero-order valence-electron chi connectivity index (χ0n) is 16.1. The van der Waals surface area contributed by atoms with E-state index in [9.17, 15) is 15.0 Å². The van der Waals surface area contributed by atoms with E-state index in [1.807, 2.05) is 0 Å². The van der Waals surface area contributed by atoms with Gasteiger partial charge in [0.05, 0.1) is 49.6 Å². The van der Waals surface area contributed by atoms with Crippen molar-refractivity contribution < 1.29 is 15.0 Å². The van der Waals surface area contributed by atoms with E-state index in [0.29, 0.717) is 49.6 Å². The molecular formula is C21H8Br8N2O3. The summed E-state index contributed by atoms with van der Waals surface area (Å²) in [5, 5.41) is 22.2. The summed E-state index contributed by atoms with van der Waals surface area (Å²) in [7, 11) is 0. The molecule has 2 heterocycles.